The Morgan fingerprint density at radius 3 is 1.75 bits per heavy atom. The molecule has 0 atom stereocenters. The van der Waals surface area contributed by atoms with Gasteiger partial charge in [0.2, 0.25) is 5.91 Å². The van der Waals surface area contributed by atoms with Gasteiger partial charge < -0.3 is 5.73 Å². The monoisotopic (exact) mass is 178 g/mol. The Labute approximate surface area is 73.5 Å². The molecule has 0 fully saturated rings. The third-order valence-corrected chi connectivity index (χ3v) is 1.35. The van der Waals surface area contributed by atoms with Gasteiger partial charge in [0.05, 0.1) is 0 Å². The van der Waals surface area contributed by atoms with E-state index < -0.39 is 11.4 Å². The summed E-state index contributed by atoms with van der Waals surface area (Å²) in [5.74, 6) is -0.708. The van der Waals surface area contributed by atoms with Crippen molar-refractivity contribution in [1.29, 1.82) is 0 Å². The number of unbranched alkanes of at least 4 members (excludes halogenated alkanes) is 1. The third-order valence-electron chi connectivity index (χ3n) is 1.35. The highest BCUT2D eigenvalue weighted by atomic mass is 19.2. The highest BCUT2D eigenvalue weighted by Crippen LogP contribution is 1.98. The first kappa shape index (κ1) is 13.9. The lowest BCUT2D eigenvalue weighted by Gasteiger charge is -2.14. The lowest BCUT2D eigenvalue weighted by atomic mass is 10.1. The Bertz CT molecular complexity index is 124. The van der Waals surface area contributed by atoms with Crippen LogP contribution < -0.4 is 11.3 Å². The number of rotatable bonds is 3. The quantitative estimate of drug-likeness (QED) is 0.644. The van der Waals surface area contributed by atoms with E-state index >= 15 is 0 Å². The minimum atomic E-state index is -1.24. The average Bonchev–Trinajstić information content (AvgIpc) is 2.05. The molecule has 1 amide bonds. The van der Waals surface area contributed by atoms with Crippen molar-refractivity contribution in [2.75, 3.05) is 0 Å². The summed E-state index contributed by atoms with van der Waals surface area (Å²) in [4.78, 5) is 10.2. The molecule has 0 radical (unpaired) electrons. The standard InChI is InChI=1S/C4H9FN2O.C4H10/c1-4(2,7-5)3(6)8;1-3-4-2/h7H,1-2H3,(H2,6,8);3-4H2,1-2H3. The molecule has 4 heteroatoms. The Kier molecular flexibility index (Phi) is 8.16. The Morgan fingerprint density at radius 1 is 1.42 bits per heavy atom. The fourth-order valence-corrected chi connectivity index (χ4v) is 0.0466. The second kappa shape index (κ2) is 7.03. The summed E-state index contributed by atoms with van der Waals surface area (Å²) in [6.07, 6.45) is 2.64. The summed E-state index contributed by atoms with van der Waals surface area (Å²) in [5.41, 5.74) is 4.77. The number of amides is 1. The summed E-state index contributed by atoms with van der Waals surface area (Å²) in [5, 5.41) is 0. The molecule has 0 aromatic heterocycles. The van der Waals surface area contributed by atoms with Crippen molar-refractivity contribution < 1.29 is 9.28 Å². The van der Waals surface area contributed by atoms with Crippen molar-refractivity contribution in [1.82, 2.24) is 5.54 Å². The molecule has 0 heterocycles. The number of nitrogens with two attached hydrogens (primary N) is 1. The van der Waals surface area contributed by atoms with Crippen LogP contribution in [0.1, 0.15) is 40.5 Å². The van der Waals surface area contributed by atoms with Crippen LogP contribution >= 0.6 is 0 Å². The summed E-state index contributed by atoms with van der Waals surface area (Å²) >= 11 is 0. The van der Waals surface area contributed by atoms with E-state index in [2.05, 4.69) is 13.8 Å². The Balaban J connectivity index is 0. The maximum absolute atomic E-state index is 11.5. The molecule has 0 aliphatic carbocycles. The summed E-state index contributed by atoms with van der Waals surface area (Å²) < 4.78 is 11.5. The Hall–Kier alpha value is -0.640. The van der Waals surface area contributed by atoms with Crippen LogP contribution in [-0.4, -0.2) is 11.4 Å². The molecule has 0 saturated heterocycles. The van der Waals surface area contributed by atoms with Crippen molar-refractivity contribution in [3.05, 3.63) is 0 Å². The molecule has 0 aromatic rings. The minimum Gasteiger partial charge on any atom is -0.368 e. The number of hydrogen-bond acceptors (Lipinski definition) is 2. The maximum Gasteiger partial charge on any atom is 0.239 e. The number of halogens is 1. The molecule has 0 unspecified atom stereocenters. The van der Waals surface area contributed by atoms with E-state index in [-0.39, 0.29) is 0 Å². The van der Waals surface area contributed by atoms with Crippen LogP contribution in [0.3, 0.4) is 0 Å². The number of carbonyl (C=O) groups excluding carboxylic acids is 1. The molecule has 3 N–H and O–H groups in total. The zero-order chi connectivity index (χ0) is 10.2. The highest BCUT2D eigenvalue weighted by molar-refractivity contribution is 5.83. The molecule has 0 saturated carbocycles. The van der Waals surface area contributed by atoms with E-state index in [1.165, 1.54) is 32.2 Å². The predicted molar refractivity (Wildman–Crippen MR) is 48.1 cm³/mol. The van der Waals surface area contributed by atoms with Crippen LogP contribution in [0, 0.1) is 0 Å². The van der Waals surface area contributed by atoms with E-state index in [0.717, 1.165) is 0 Å². The second-order valence-electron chi connectivity index (χ2n) is 3.08. The zero-order valence-corrected chi connectivity index (χ0v) is 8.28. The molecule has 3 nitrogen and oxygen atoms in total. The topological polar surface area (TPSA) is 55.1 Å². The molecule has 0 spiro atoms. The molecular weight excluding hydrogens is 159 g/mol. The largest absolute Gasteiger partial charge is 0.368 e. The van der Waals surface area contributed by atoms with E-state index in [9.17, 15) is 9.28 Å². The van der Waals surface area contributed by atoms with Gasteiger partial charge in [-0.25, -0.2) is 0 Å². The van der Waals surface area contributed by atoms with Crippen molar-refractivity contribution >= 4 is 5.91 Å². The van der Waals surface area contributed by atoms with Crippen LogP contribution in [0.4, 0.5) is 4.48 Å². The first-order valence-electron chi connectivity index (χ1n) is 4.10. The highest BCUT2D eigenvalue weighted by Gasteiger charge is 2.23. The molecule has 0 rings (SSSR count). The lowest BCUT2D eigenvalue weighted by Crippen LogP contribution is -2.46. The van der Waals surface area contributed by atoms with Crippen molar-refractivity contribution in [3.8, 4) is 0 Å². The fraction of sp³-hybridized carbons (Fsp3) is 0.875. The number of hydrogen-bond donors (Lipinski definition) is 2. The van der Waals surface area contributed by atoms with Crippen LogP contribution in [0.5, 0.6) is 0 Å². The first-order chi connectivity index (χ1) is 5.42. The number of nitrogens with one attached hydrogen (secondary N) is 1. The van der Waals surface area contributed by atoms with Gasteiger partial charge in [0.25, 0.3) is 0 Å². The normalized spacial score (nSPS) is 10.1. The molecule has 0 aliphatic rings. The SMILES string of the molecule is CC(C)(NF)C(N)=O.CCCC. The molecule has 0 aliphatic heterocycles. The van der Waals surface area contributed by atoms with Gasteiger partial charge >= 0.3 is 0 Å². The van der Waals surface area contributed by atoms with Gasteiger partial charge in [-0.1, -0.05) is 26.7 Å². The average molecular weight is 178 g/mol. The van der Waals surface area contributed by atoms with Crippen molar-refractivity contribution in [2.45, 2.75) is 46.1 Å². The molecule has 0 aromatic carbocycles. The maximum atomic E-state index is 11.5. The van der Waals surface area contributed by atoms with Crippen molar-refractivity contribution in [2.24, 2.45) is 5.73 Å². The smallest absolute Gasteiger partial charge is 0.239 e. The first-order valence-corrected chi connectivity index (χ1v) is 4.10. The van der Waals surface area contributed by atoms with Crippen LogP contribution in [0.2, 0.25) is 0 Å². The van der Waals surface area contributed by atoms with Gasteiger partial charge in [-0.2, -0.15) is 0 Å². The molecule has 12 heavy (non-hydrogen) atoms. The van der Waals surface area contributed by atoms with Gasteiger partial charge in [0.15, 0.2) is 0 Å². The molecule has 74 valence electrons. The number of primary amides is 1. The summed E-state index contributed by atoms with van der Waals surface area (Å²) in [6, 6.07) is 0. The van der Waals surface area contributed by atoms with E-state index in [1.54, 1.807) is 0 Å². The van der Waals surface area contributed by atoms with E-state index in [1.807, 2.05) is 0 Å². The third kappa shape index (κ3) is 7.47. The Morgan fingerprint density at radius 2 is 1.75 bits per heavy atom. The van der Waals surface area contributed by atoms with Gasteiger partial charge in [0, 0.05) is 0 Å². The van der Waals surface area contributed by atoms with E-state index in [4.69, 9.17) is 5.73 Å². The van der Waals surface area contributed by atoms with Gasteiger partial charge in [-0.15, -0.1) is 10.0 Å². The van der Waals surface area contributed by atoms with Crippen LogP contribution in [-0.2, 0) is 4.79 Å². The van der Waals surface area contributed by atoms with E-state index in [0.29, 0.717) is 0 Å². The second-order valence-corrected chi connectivity index (χ2v) is 3.08. The van der Waals surface area contributed by atoms with Gasteiger partial charge in [-0.3, -0.25) is 4.79 Å². The fourth-order valence-electron chi connectivity index (χ4n) is 0.0466. The molecular formula is C8H19FN2O. The van der Waals surface area contributed by atoms with Gasteiger partial charge in [0.1, 0.15) is 5.54 Å². The molecule has 0 bridgehead atoms. The zero-order valence-electron chi connectivity index (χ0n) is 8.28. The van der Waals surface area contributed by atoms with Gasteiger partial charge in [-0.05, 0) is 13.8 Å². The minimum absolute atomic E-state index is 0.708. The van der Waals surface area contributed by atoms with Crippen LogP contribution in [0.25, 0.3) is 0 Å². The summed E-state index contributed by atoms with van der Waals surface area (Å²) in [7, 11) is 0. The van der Waals surface area contributed by atoms with Crippen molar-refractivity contribution in [3.63, 3.8) is 0 Å². The number of carbonyl (C=O) groups is 1. The van der Waals surface area contributed by atoms with Crippen LogP contribution in [0.15, 0.2) is 0 Å². The predicted octanol–water partition coefficient (Wildman–Crippen LogP) is 1.53. The lowest BCUT2D eigenvalue weighted by molar-refractivity contribution is -0.124. The summed E-state index contributed by atoms with van der Waals surface area (Å²) in [6.45, 7) is 7.07.